The standard InChI is InChI=1S/C17H12N2O15S4/c20-17(9-1-3-11(4-2-9)19(21)22)18(38(32,33)34)14-7-12(35(23,24)25)5-10-6-13(36(26,27)28)8-15(16(10)14)37(29,30)31/h1-8H,(H,23,24,25)(H,26,27,28)(H,29,30,31)(H,32,33,34). The second-order valence-corrected chi connectivity index (χ2v) is 12.7. The lowest BCUT2D eigenvalue weighted by Crippen LogP contribution is -2.37. The molecule has 0 radical (unpaired) electrons. The van der Waals surface area contributed by atoms with E-state index in [-0.39, 0.29) is 12.1 Å². The zero-order valence-electron chi connectivity index (χ0n) is 17.9. The Bertz CT molecular complexity index is 1940. The number of rotatable bonds is 7. The summed E-state index contributed by atoms with van der Waals surface area (Å²) in [4.78, 5) is 19.1. The Balaban J connectivity index is 2.57. The van der Waals surface area contributed by atoms with E-state index in [1.807, 2.05) is 0 Å². The fraction of sp³-hybridized carbons (Fsp3) is 0. The first-order chi connectivity index (χ1) is 17.1. The molecule has 0 saturated heterocycles. The lowest BCUT2D eigenvalue weighted by atomic mass is 10.1. The van der Waals surface area contributed by atoms with Crippen LogP contribution in [0.4, 0.5) is 11.4 Å². The van der Waals surface area contributed by atoms with Crippen LogP contribution in [0.5, 0.6) is 0 Å². The Morgan fingerprint density at radius 2 is 1.21 bits per heavy atom. The minimum Gasteiger partial charge on any atom is -0.282 e. The van der Waals surface area contributed by atoms with Gasteiger partial charge in [-0.25, -0.2) is 0 Å². The molecule has 0 aliphatic heterocycles. The SMILES string of the molecule is O=C(c1ccc([N+](=O)[O-])cc1)N(c1cc(S(=O)(=O)O)cc2cc(S(=O)(=O)O)cc(S(=O)(=O)O)c12)S(=O)(=O)O. The van der Waals surface area contributed by atoms with Crippen molar-refractivity contribution in [2.24, 2.45) is 0 Å². The number of nitrogens with zero attached hydrogens (tertiary/aromatic N) is 2. The highest BCUT2D eigenvalue weighted by molar-refractivity contribution is 7.88. The lowest BCUT2D eigenvalue weighted by Gasteiger charge is -2.22. The Labute approximate surface area is 213 Å². The average molecular weight is 613 g/mol. The Kier molecular flexibility index (Phi) is 7.11. The third-order valence-electron chi connectivity index (χ3n) is 4.77. The van der Waals surface area contributed by atoms with E-state index in [9.17, 15) is 66.8 Å². The second kappa shape index (κ2) is 9.32. The topological polar surface area (TPSA) is 281 Å². The molecule has 0 bridgehead atoms. The summed E-state index contributed by atoms with van der Waals surface area (Å²) in [6, 6.07) is 4.14. The maximum Gasteiger partial charge on any atom is 0.366 e. The number of amides is 1. The number of hydrogen-bond donors (Lipinski definition) is 4. The van der Waals surface area contributed by atoms with E-state index in [0.717, 1.165) is 24.3 Å². The highest BCUT2D eigenvalue weighted by atomic mass is 32.2. The van der Waals surface area contributed by atoms with Crippen molar-refractivity contribution >= 4 is 68.7 Å². The van der Waals surface area contributed by atoms with Gasteiger partial charge in [0.05, 0.1) is 20.4 Å². The molecule has 0 fully saturated rings. The molecule has 17 nitrogen and oxygen atoms in total. The summed E-state index contributed by atoms with van der Waals surface area (Å²) in [6.07, 6.45) is 0. The summed E-state index contributed by atoms with van der Waals surface area (Å²) in [6.45, 7) is 0. The third-order valence-corrected chi connectivity index (χ3v) is 8.14. The van der Waals surface area contributed by atoms with Crippen molar-refractivity contribution in [1.29, 1.82) is 0 Å². The van der Waals surface area contributed by atoms with Crippen LogP contribution in [0.1, 0.15) is 10.4 Å². The normalized spacial score (nSPS) is 12.8. The Hall–Kier alpha value is -3.57. The molecule has 0 unspecified atom stereocenters. The van der Waals surface area contributed by atoms with Crippen molar-refractivity contribution < 1.29 is 61.6 Å². The molecular weight excluding hydrogens is 600 g/mol. The number of fused-ring (bicyclic) bond motifs is 1. The van der Waals surface area contributed by atoms with Crippen LogP contribution in [0.3, 0.4) is 0 Å². The van der Waals surface area contributed by atoms with Gasteiger partial charge >= 0.3 is 10.3 Å². The van der Waals surface area contributed by atoms with Crippen molar-refractivity contribution in [3.63, 3.8) is 0 Å². The van der Waals surface area contributed by atoms with E-state index in [1.165, 1.54) is 0 Å². The second-order valence-electron chi connectivity index (χ2n) is 7.24. The minimum atomic E-state index is -5.82. The first kappa shape index (κ1) is 29.0. The molecule has 0 aromatic heterocycles. The number of carbonyl (C=O) groups excluding carboxylic acids is 1. The van der Waals surface area contributed by atoms with Crippen LogP contribution in [0.2, 0.25) is 0 Å². The Morgan fingerprint density at radius 1 is 0.737 bits per heavy atom. The van der Waals surface area contributed by atoms with E-state index in [1.54, 1.807) is 0 Å². The molecule has 3 aromatic carbocycles. The zero-order valence-corrected chi connectivity index (χ0v) is 21.2. The monoisotopic (exact) mass is 612 g/mol. The summed E-state index contributed by atoms with van der Waals surface area (Å²) < 4.78 is 134. The predicted molar refractivity (Wildman–Crippen MR) is 125 cm³/mol. The summed E-state index contributed by atoms with van der Waals surface area (Å²) in [5.41, 5.74) is -2.55. The molecule has 0 atom stereocenters. The Morgan fingerprint density at radius 3 is 1.61 bits per heavy atom. The molecule has 0 spiro atoms. The van der Waals surface area contributed by atoms with Crippen LogP contribution in [0.25, 0.3) is 10.8 Å². The molecule has 0 aliphatic rings. The van der Waals surface area contributed by atoms with E-state index >= 15 is 0 Å². The highest BCUT2D eigenvalue weighted by Gasteiger charge is 2.34. The highest BCUT2D eigenvalue weighted by Crippen LogP contribution is 2.38. The van der Waals surface area contributed by atoms with Gasteiger partial charge in [0.1, 0.15) is 4.90 Å². The van der Waals surface area contributed by atoms with Gasteiger partial charge in [0.2, 0.25) is 0 Å². The fourth-order valence-corrected chi connectivity index (χ4v) is 5.86. The number of anilines is 1. The van der Waals surface area contributed by atoms with E-state index in [4.69, 9.17) is 0 Å². The van der Waals surface area contributed by atoms with Gasteiger partial charge in [-0.3, -0.25) is 33.1 Å². The molecule has 3 rings (SSSR count). The molecule has 4 N–H and O–H groups in total. The van der Waals surface area contributed by atoms with Crippen molar-refractivity contribution in [1.82, 2.24) is 0 Å². The summed E-state index contributed by atoms with van der Waals surface area (Å²) in [7, 11) is -21.9. The van der Waals surface area contributed by atoms with Gasteiger partial charge in [0.25, 0.3) is 41.9 Å². The van der Waals surface area contributed by atoms with E-state index in [2.05, 4.69) is 0 Å². The van der Waals surface area contributed by atoms with Gasteiger partial charge in [-0.1, -0.05) is 0 Å². The predicted octanol–water partition coefficient (Wildman–Crippen LogP) is 0.938. The van der Waals surface area contributed by atoms with Gasteiger partial charge in [0.15, 0.2) is 0 Å². The van der Waals surface area contributed by atoms with Crippen LogP contribution < -0.4 is 4.31 Å². The summed E-state index contributed by atoms with van der Waals surface area (Å²) in [5.74, 6) is -1.74. The smallest absolute Gasteiger partial charge is 0.282 e. The van der Waals surface area contributed by atoms with Crippen molar-refractivity contribution in [2.75, 3.05) is 4.31 Å². The summed E-state index contributed by atoms with van der Waals surface area (Å²) in [5, 5.41) is 8.93. The van der Waals surface area contributed by atoms with Gasteiger partial charge in [-0.2, -0.15) is 38.0 Å². The van der Waals surface area contributed by atoms with E-state index < -0.39 is 98.2 Å². The molecule has 0 heterocycles. The van der Waals surface area contributed by atoms with Crippen LogP contribution in [-0.2, 0) is 40.7 Å². The molecule has 0 saturated carbocycles. The molecule has 3 aromatic rings. The zero-order chi connectivity index (χ0) is 29.0. The van der Waals surface area contributed by atoms with Gasteiger partial charge in [-0.05, 0) is 41.8 Å². The molecular formula is C17H12N2O15S4. The molecule has 1 amide bonds. The van der Waals surface area contributed by atoms with Crippen LogP contribution in [-0.4, -0.2) is 62.7 Å². The minimum absolute atomic E-state index is 0.141. The summed E-state index contributed by atoms with van der Waals surface area (Å²) >= 11 is 0. The first-order valence-electron chi connectivity index (χ1n) is 9.23. The van der Waals surface area contributed by atoms with Crippen molar-refractivity contribution in [3.8, 4) is 0 Å². The number of nitro groups is 1. The molecule has 21 heteroatoms. The first-order valence-corrected chi connectivity index (χ1v) is 14.9. The van der Waals surface area contributed by atoms with Crippen LogP contribution >= 0.6 is 0 Å². The number of carbonyl (C=O) groups is 1. The van der Waals surface area contributed by atoms with E-state index in [0.29, 0.717) is 12.1 Å². The quantitative estimate of drug-likeness (QED) is 0.164. The lowest BCUT2D eigenvalue weighted by molar-refractivity contribution is -0.384. The third kappa shape index (κ3) is 5.78. The number of nitro benzene ring substituents is 1. The fourth-order valence-electron chi connectivity index (χ4n) is 3.24. The maximum atomic E-state index is 13.1. The van der Waals surface area contributed by atoms with Crippen LogP contribution in [0, 0.1) is 10.1 Å². The van der Waals surface area contributed by atoms with Gasteiger partial charge < -0.3 is 0 Å². The number of hydrogen-bond acceptors (Lipinski definition) is 11. The maximum absolute atomic E-state index is 13.1. The molecule has 204 valence electrons. The van der Waals surface area contributed by atoms with Crippen molar-refractivity contribution in [2.45, 2.75) is 14.7 Å². The van der Waals surface area contributed by atoms with Gasteiger partial charge in [0, 0.05) is 23.1 Å². The van der Waals surface area contributed by atoms with Crippen molar-refractivity contribution in [3.05, 3.63) is 64.2 Å². The number of benzene rings is 3. The molecule has 38 heavy (non-hydrogen) atoms. The van der Waals surface area contributed by atoms with Gasteiger partial charge in [-0.15, -0.1) is 0 Å². The largest absolute Gasteiger partial charge is 0.366 e. The molecule has 0 aliphatic carbocycles. The average Bonchev–Trinajstić information content (AvgIpc) is 2.75. The van der Waals surface area contributed by atoms with Crippen LogP contribution in [0.15, 0.2) is 63.2 Å². The number of non-ortho nitro benzene ring substituents is 1.